The van der Waals surface area contributed by atoms with Crippen molar-refractivity contribution < 1.29 is 9.69 Å². The molecule has 2 aromatic carbocycles. The number of anilines is 1. The molecule has 0 aliphatic carbocycles. The lowest BCUT2D eigenvalue weighted by molar-refractivity contribution is -0.898. The van der Waals surface area contributed by atoms with Crippen LogP contribution in [0.25, 0.3) is 0 Å². The Morgan fingerprint density at radius 1 is 1.04 bits per heavy atom. The highest BCUT2D eigenvalue weighted by molar-refractivity contribution is 6.42. The van der Waals surface area contributed by atoms with Crippen molar-refractivity contribution in [2.45, 2.75) is 19.3 Å². The molecule has 0 bridgehead atoms. The van der Waals surface area contributed by atoms with Gasteiger partial charge in [0.2, 0.25) is 0 Å². The molecule has 1 aliphatic heterocycles. The molecule has 0 aromatic heterocycles. The van der Waals surface area contributed by atoms with E-state index in [-0.39, 0.29) is 5.91 Å². The fraction of sp³-hybridized carbons (Fsp3) is 0.350. The van der Waals surface area contributed by atoms with Crippen LogP contribution in [0.2, 0.25) is 15.1 Å². The van der Waals surface area contributed by atoms with Gasteiger partial charge in [0.05, 0.1) is 28.8 Å². The number of hydrogen-bond acceptors (Lipinski definition) is 1. The Bertz CT molecular complexity index is 736. The number of rotatable bonds is 5. The van der Waals surface area contributed by atoms with Crippen molar-refractivity contribution in [3.8, 4) is 0 Å². The third-order valence-electron chi connectivity index (χ3n) is 4.86. The van der Waals surface area contributed by atoms with Crippen molar-refractivity contribution in [3.63, 3.8) is 0 Å². The maximum absolute atomic E-state index is 12.4. The molecule has 0 saturated carbocycles. The van der Waals surface area contributed by atoms with Gasteiger partial charge in [-0.15, -0.1) is 0 Å². The van der Waals surface area contributed by atoms with Gasteiger partial charge in [-0.3, -0.25) is 4.79 Å². The van der Waals surface area contributed by atoms with E-state index in [0.717, 1.165) is 32.4 Å². The van der Waals surface area contributed by atoms with Gasteiger partial charge in [-0.05, 0) is 42.9 Å². The van der Waals surface area contributed by atoms with E-state index in [0.29, 0.717) is 33.2 Å². The van der Waals surface area contributed by atoms with Gasteiger partial charge in [0.25, 0.3) is 5.91 Å². The molecule has 1 heterocycles. The van der Waals surface area contributed by atoms with Crippen molar-refractivity contribution in [2.75, 3.05) is 25.0 Å². The molecule has 6 heteroatoms. The topological polar surface area (TPSA) is 33.5 Å². The summed E-state index contributed by atoms with van der Waals surface area (Å²) in [4.78, 5) is 13.7. The van der Waals surface area contributed by atoms with E-state index in [1.54, 1.807) is 12.1 Å². The van der Waals surface area contributed by atoms with Crippen molar-refractivity contribution in [3.05, 3.63) is 63.1 Å². The van der Waals surface area contributed by atoms with Gasteiger partial charge in [0.15, 0.2) is 6.54 Å². The molecule has 2 N–H and O–H groups in total. The molecule has 1 aliphatic rings. The van der Waals surface area contributed by atoms with E-state index in [1.165, 1.54) is 10.5 Å². The summed E-state index contributed by atoms with van der Waals surface area (Å²) in [7, 11) is 0. The second-order valence-corrected chi connectivity index (χ2v) is 8.10. The fourth-order valence-corrected chi connectivity index (χ4v) is 4.40. The molecule has 1 saturated heterocycles. The Kier molecular flexibility index (Phi) is 6.82. The highest BCUT2D eigenvalue weighted by atomic mass is 35.5. The first-order chi connectivity index (χ1) is 12.5. The summed E-state index contributed by atoms with van der Waals surface area (Å²) in [5, 5.41) is 3.98. The van der Waals surface area contributed by atoms with Crippen LogP contribution in [0.3, 0.4) is 0 Å². The smallest absolute Gasteiger partial charge is 0.279 e. The van der Waals surface area contributed by atoms with Crippen molar-refractivity contribution in [2.24, 2.45) is 5.92 Å². The van der Waals surface area contributed by atoms with Crippen LogP contribution < -0.4 is 10.2 Å². The number of amides is 1. The minimum Gasteiger partial charge on any atom is -0.327 e. The molecular weight excluding hydrogens is 391 g/mol. The van der Waals surface area contributed by atoms with E-state index >= 15 is 0 Å². The standard InChI is InChI=1S/C20H21Cl3N2O/c21-16-11-17(22)20(18(23)12-16)24-19(26)13-25-8-6-15(7-9-25)10-14-4-2-1-3-5-14/h1-5,11-12,15H,6-10,13H2,(H,24,26)/p+1. The van der Waals surface area contributed by atoms with E-state index in [1.807, 2.05) is 6.07 Å². The predicted octanol–water partition coefficient (Wildman–Crippen LogP) is 4.12. The van der Waals surface area contributed by atoms with E-state index < -0.39 is 0 Å². The fourth-order valence-electron chi connectivity index (χ4n) is 3.49. The van der Waals surface area contributed by atoms with Crippen LogP contribution in [0.4, 0.5) is 5.69 Å². The Morgan fingerprint density at radius 2 is 1.65 bits per heavy atom. The minimum atomic E-state index is -0.0763. The summed E-state index contributed by atoms with van der Waals surface area (Å²) < 4.78 is 0. The summed E-state index contributed by atoms with van der Waals surface area (Å²) >= 11 is 18.2. The SMILES string of the molecule is O=C(C[NH+]1CCC(Cc2ccccc2)CC1)Nc1c(Cl)cc(Cl)cc1Cl. The average molecular weight is 413 g/mol. The molecule has 2 aromatic rings. The highest BCUT2D eigenvalue weighted by Gasteiger charge is 2.24. The number of halogens is 3. The van der Waals surface area contributed by atoms with Crippen LogP contribution in [0, 0.1) is 5.92 Å². The normalized spacial score (nSPS) is 20.0. The van der Waals surface area contributed by atoms with Crippen molar-refractivity contribution >= 4 is 46.4 Å². The second-order valence-electron chi connectivity index (χ2n) is 6.85. The first kappa shape index (κ1) is 19.5. The third kappa shape index (κ3) is 5.37. The molecule has 3 rings (SSSR count). The van der Waals surface area contributed by atoms with Crippen molar-refractivity contribution in [1.82, 2.24) is 0 Å². The number of piperidine rings is 1. The van der Waals surface area contributed by atoms with Crippen LogP contribution in [0.5, 0.6) is 0 Å². The van der Waals surface area contributed by atoms with Gasteiger partial charge in [0.1, 0.15) is 0 Å². The Labute approximate surface area is 169 Å². The van der Waals surface area contributed by atoms with E-state index in [9.17, 15) is 4.79 Å². The number of carbonyl (C=O) groups is 1. The molecule has 1 amide bonds. The second kappa shape index (κ2) is 9.09. The molecule has 3 nitrogen and oxygen atoms in total. The summed E-state index contributed by atoms with van der Waals surface area (Å²) in [6.07, 6.45) is 3.40. The first-order valence-electron chi connectivity index (χ1n) is 8.83. The third-order valence-corrected chi connectivity index (χ3v) is 5.68. The summed E-state index contributed by atoms with van der Waals surface area (Å²) in [5.74, 6) is 0.622. The monoisotopic (exact) mass is 411 g/mol. The number of carbonyl (C=O) groups excluding carboxylic acids is 1. The average Bonchev–Trinajstić information content (AvgIpc) is 2.61. The van der Waals surface area contributed by atoms with Crippen molar-refractivity contribution in [1.29, 1.82) is 0 Å². The van der Waals surface area contributed by atoms with Crippen LogP contribution >= 0.6 is 34.8 Å². The molecule has 0 radical (unpaired) electrons. The molecule has 0 spiro atoms. The highest BCUT2D eigenvalue weighted by Crippen LogP contribution is 2.33. The lowest BCUT2D eigenvalue weighted by atomic mass is 9.90. The van der Waals surface area contributed by atoms with Crippen LogP contribution in [0.15, 0.2) is 42.5 Å². The lowest BCUT2D eigenvalue weighted by Gasteiger charge is -2.29. The number of likely N-dealkylation sites (tertiary alicyclic amines) is 1. The van der Waals surface area contributed by atoms with E-state index in [4.69, 9.17) is 34.8 Å². The number of nitrogens with one attached hydrogen (secondary N) is 2. The molecule has 0 atom stereocenters. The lowest BCUT2D eigenvalue weighted by Crippen LogP contribution is -3.14. The van der Waals surface area contributed by atoms with Gasteiger partial charge in [-0.25, -0.2) is 0 Å². The Morgan fingerprint density at radius 3 is 2.27 bits per heavy atom. The van der Waals surface area contributed by atoms with Crippen LogP contribution in [-0.4, -0.2) is 25.5 Å². The van der Waals surface area contributed by atoms with Crippen LogP contribution in [-0.2, 0) is 11.2 Å². The molecule has 26 heavy (non-hydrogen) atoms. The zero-order valence-corrected chi connectivity index (χ0v) is 16.7. The van der Waals surface area contributed by atoms with E-state index in [2.05, 4.69) is 29.6 Å². The summed E-state index contributed by atoms with van der Waals surface area (Å²) in [6, 6.07) is 13.8. The molecule has 1 fully saturated rings. The zero-order valence-electron chi connectivity index (χ0n) is 14.4. The molecule has 0 unspecified atom stereocenters. The zero-order chi connectivity index (χ0) is 18.5. The number of benzene rings is 2. The maximum Gasteiger partial charge on any atom is 0.279 e. The largest absolute Gasteiger partial charge is 0.327 e. The predicted molar refractivity (Wildman–Crippen MR) is 109 cm³/mol. The van der Waals surface area contributed by atoms with Gasteiger partial charge in [0, 0.05) is 5.02 Å². The first-order valence-corrected chi connectivity index (χ1v) is 9.96. The quantitative estimate of drug-likeness (QED) is 0.761. The molecule has 138 valence electrons. The maximum atomic E-state index is 12.4. The number of hydrogen-bond donors (Lipinski definition) is 2. The summed E-state index contributed by atoms with van der Waals surface area (Å²) in [5.41, 5.74) is 1.83. The Hall–Kier alpha value is -1.26. The van der Waals surface area contributed by atoms with Gasteiger partial charge in [-0.1, -0.05) is 65.1 Å². The number of quaternary nitrogens is 1. The molecular formula is C20H22Cl3N2O+. The van der Waals surface area contributed by atoms with Gasteiger partial charge >= 0.3 is 0 Å². The van der Waals surface area contributed by atoms with Gasteiger partial charge in [-0.2, -0.15) is 0 Å². The Balaban J connectivity index is 1.48. The van der Waals surface area contributed by atoms with Gasteiger partial charge < -0.3 is 10.2 Å². The minimum absolute atomic E-state index is 0.0763. The summed E-state index contributed by atoms with van der Waals surface area (Å²) in [6.45, 7) is 2.44. The van der Waals surface area contributed by atoms with Crippen LogP contribution in [0.1, 0.15) is 18.4 Å².